The van der Waals surface area contributed by atoms with Crippen molar-refractivity contribution >= 4 is 11.4 Å². The first-order valence-corrected chi connectivity index (χ1v) is 12.0. The van der Waals surface area contributed by atoms with Crippen LogP contribution in [-0.2, 0) is 25.7 Å². The van der Waals surface area contributed by atoms with E-state index >= 15 is 0 Å². The third kappa shape index (κ3) is 6.26. The van der Waals surface area contributed by atoms with Crippen molar-refractivity contribution < 1.29 is 0 Å². The molecule has 2 heteroatoms. The standard InChI is InChI=1S/C31H34N2/c1-2-31(27-15-7-23(8-16-27)3-5-25-11-19-29(32)20-12-25)28-17-9-24(10-18-28)4-6-26-13-21-30(33)22-14-26/h7-22,31H,2-6,32-33H2,1H3. The second-order valence-electron chi connectivity index (χ2n) is 8.93. The Kier molecular flexibility index (Phi) is 7.47. The van der Waals surface area contributed by atoms with Gasteiger partial charge in [-0.3, -0.25) is 0 Å². The highest BCUT2D eigenvalue weighted by atomic mass is 14.5. The molecule has 0 aliphatic heterocycles. The summed E-state index contributed by atoms with van der Waals surface area (Å²) >= 11 is 0. The van der Waals surface area contributed by atoms with Gasteiger partial charge in [-0.25, -0.2) is 0 Å². The zero-order valence-electron chi connectivity index (χ0n) is 19.5. The van der Waals surface area contributed by atoms with Crippen molar-refractivity contribution in [2.75, 3.05) is 11.5 Å². The molecule has 2 nitrogen and oxygen atoms in total. The molecule has 0 unspecified atom stereocenters. The third-order valence-electron chi connectivity index (χ3n) is 6.54. The van der Waals surface area contributed by atoms with Gasteiger partial charge in [-0.15, -0.1) is 0 Å². The highest BCUT2D eigenvalue weighted by Gasteiger charge is 2.12. The summed E-state index contributed by atoms with van der Waals surface area (Å²) in [6.07, 6.45) is 5.26. The molecule has 0 aliphatic carbocycles. The van der Waals surface area contributed by atoms with E-state index in [-0.39, 0.29) is 0 Å². The van der Waals surface area contributed by atoms with Crippen molar-refractivity contribution in [1.82, 2.24) is 0 Å². The van der Waals surface area contributed by atoms with E-state index in [0.29, 0.717) is 5.92 Å². The zero-order valence-corrected chi connectivity index (χ0v) is 19.5. The lowest BCUT2D eigenvalue weighted by molar-refractivity contribution is 0.775. The quantitative estimate of drug-likeness (QED) is 0.280. The molecule has 168 valence electrons. The van der Waals surface area contributed by atoms with Crippen LogP contribution in [0.5, 0.6) is 0 Å². The Hall–Kier alpha value is -3.52. The SMILES string of the molecule is CCC(c1ccc(CCc2ccc(N)cc2)cc1)c1ccc(CCc2ccc(N)cc2)cc1. The van der Waals surface area contributed by atoms with Crippen molar-refractivity contribution in [3.05, 3.63) is 130 Å². The van der Waals surface area contributed by atoms with Crippen LogP contribution in [0.3, 0.4) is 0 Å². The summed E-state index contributed by atoms with van der Waals surface area (Å²) < 4.78 is 0. The molecule has 0 fully saturated rings. The fraction of sp³-hybridized carbons (Fsp3) is 0.226. The van der Waals surface area contributed by atoms with Crippen molar-refractivity contribution in [1.29, 1.82) is 0 Å². The molecular formula is C31H34N2. The van der Waals surface area contributed by atoms with Gasteiger partial charge in [-0.1, -0.05) is 79.7 Å². The van der Waals surface area contributed by atoms with E-state index in [1.54, 1.807) is 0 Å². The molecule has 0 bridgehead atoms. The maximum absolute atomic E-state index is 5.79. The fourth-order valence-electron chi connectivity index (χ4n) is 4.44. The van der Waals surface area contributed by atoms with Gasteiger partial charge >= 0.3 is 0 Å². The number of aryl methyl sites for hydroxylation is 4. The Balaban J connectivity index is 1.36. The predicted molar refractivity (Wildman–Crippen MR) is 142 cm³/mol. The molecule has 4 aromatic rings. The number of hydrogen-bond donors (Lipinski definition) is 2. The van der Waals surface area contributed by atoms with E-state index in [0.717, 1.165) is 43.5 Å². The number of benzene rings is 4. The molecule has 0 amide bonds. The maximum atomic E-state index is 5.79. The molecule has 0 heterocycles. The van der Waals surface area contributed by atoms with E-state index in [9.17, 15) is 0 Å². The average Bonchev–Trinajstić information content (AvgIpc) is 2.85. The molecule has 0 atom stereocenters. The van der Waals surface area contributed by atoms with Crippen LogP contribution in [0.1, 0.15) is 52.6 Å². The largest absolute Gasteiger partial charge is 0.399 e. The van der Waals surface area contributed by atoms with Crippen LogP contribution in [0.25, 0.3) is 0 Å². The normalized spacial score (nSPS) is 11.1. The van der Waals surface area contributed by atoms with Crippen molar-refractivity contribution in [2.24, 2.45) is 0 Å². The van der Waals surface area contributed by atoms with Crippen molar-refractivity contribution in [3.8, 4) is 0 Å². The van der Waals surface area contributed by atoms with Crippen LogP contribution in [0.15, 0.2) is 97.1 Å². The lowest BCUT2D eigenvalue weighted by Gasteiger charge is -2.17. The molecular weight excluding hydrogens is 400 g/mol. The van der Waals surface area contributed by atoms with Crippen molar-refractivity contribution in [3.63, 3.8) is 0 Å². The summed E-state index contributed by atoms with van der Waals surface area (Å²) in [5.74, 6) is 0.433. The van der Waals surface area contributed by atoms with E-state index in [1.165, 1.54) is 33.4 Å². The summed E-state index contributed by atoms with van der Waals surface area (Å²) in [6.45, 7) is 2.27. The Morgan fingerprint density at radius 2 is 0.727 bits per heavy atom. The Labute approximate surface area is 198 Å². The summed E-state index contributed by atoms with van der Waals surface area (Å²) in [5, 5.41) is 0. The lowest BCUT2D eigenvalue weighted by atomic mass is 9.87. The molecule has 0 aromatic heterocycles. The monoisotopic (exact) mass is 434 g/mol. The van der Waals surface area contributed by atoms with Crippen LogP contribution in [0.4, 0.5) is 11.4 Å². The number of rotatable bonds is 9. The highest BCUT2D eigenvalue weighted by Crippen LogP contribution is 2.29. The summed E-state index contributed by atoms with van der Waals surface area (Å²) in [5.41, 5.74) is 21.4. The molecule has 0 spiro atoms. The second-order valence-corrected chi connectivity index (χ2v) is 8.93. The van der Waals surface area contributed by atoms with Gasteiger partial charge in [0.05, 0.1) is 0 Å². The molecule has 0 radical (unpaired) electrons. The number of nitrogens with two attached hydrogens (primary N) is 2. The van der Waals surface area contributed by atoms with E-state index in [4.69, 9.17) is 11.5 Å². The fourth-order valence-corrected chi connectivity index (χ4v) is 4.44. The van der Waals surface area contributed by atoms with Crippen LogP contribution >= 0.6 is 0 Å². The van der Waals surface area contributed by atoms with E-state index in [1.807, 2.05) is 24.3 Å². The zero-order chi connectivity index (χ0) is 23.0. The minimum atomic E-state index is 0.433. The Morgan fingerprint density at radius 1 is 0.455 bits per heavy atom. The summed E-state index contributed by atoms with van der Waals surface area (Å²) in [6, 6.07) is 34.8. The van der Waals surface area contributed by atoms with Crippen LogP contribution in [0, 0.1) is 0 Å². The summed E-state index contributed by atoms with van der Waals surface area (Å²) in [7, 11) is 0. The molecule has 4 aromatic carbocycles. The average molecular weight is 435 g/mol. The van der Waals surface area contributed by atoms with Gasteiger partial charge in [0, 0.05) is 17.3 Å². The Bertz CT molecular complexity index is 1030. The summed E-state index contributed by atoms with van der Waals surface area (Å²) in [4.78, 5) is 0. The molecule has 0 saturated heterocycles. The van der Waals surface area contributed by atoms with Gasteiger partial charge in [0.25, 0.3) is 0 Å². The lowest BCUT2D eigenvalue weighted by Crippen LogP contribution is -2.01. The first kappa shape index (κ1) is 22.7. The number of hydrogen-bond acceptors (Lipinski definition) is 2. The first-order valence-electron chi connectivity index (χ1n) is 12.0. The predicted octanol–water partition coefficient (Wildman–Crippen LogP) is 6.96. The topological polar surface area (TPSA) is 52.0 Å². The number of nitrogen functional groups attached to an aromatic ring is 2. The third-order valence-corrected chi connectivity index (χ3v) is 6.54. The van der Waals surface area contributed by atoms with Gasteiger partial charge < -0.3 is 11.5 Å². The molecule has 0 saturated carbocycles. The molecule has 4 N–H and O–H groups in total. The maximum Gasteiger partial charge on any atom is 0.0314 e. The van der Waals surface area contributed by atoms with Crippen LogP contribution in [0.2, 0.25) is 0 Å². The van der Waals surface area contributed by atoms with E-state index < -0.39 is 0 Å². The smallest absolute Gasteiger partial charge is 0.0314 e. The van der Waals surface area contributed by atoms with Gasteiger partial charge in [0.2, 0.25) is 0 Å². The van der Waals surface area contributed by atoms with Gasteiger partial charge in [0.1, 0.15) is 0 Å². The molecule has 0 aliphatic rings. The van der Waals surface area contributed by atoms with Gasteiger partial charge in [-0.05, 0) is 89.8 Å². The van der Waals surface area contributed by atoms with Gasteiger partial charge in [-0.2, -0.15) is 0 Å². The highest BCUT2D eigenvalue weighted by molar-refractivity contribution is 5.41. The number of anilines is 2. The molecule has 4 rings (SSSR count). The van der Waals surface area contributed by atoms with Crippen molar-refractivity contribution in [2.45, 2.75) is 44.9 Å². The second kappa shape index (κ2) is 10.9. The minimum Gasteiger partial charge on any atom is -0.399 e. The van der Waals surface area contributed by atoms with Gasteiger partial charge in [0.15, 0.2) is 0 Å². The molecule has 33 heavy (non-hydrogen) atoms. The minimum absolute atomic E-state index is 0.433. The first-order chi connectivity index (χ1) is 16.1. The van der Waals surface area contributed by atoms with Crippen LogP contribution < -0.4 is 11.5 Å². The van der Waals surface area contributed by atoms with Crippen LogP contribution in [-0.4, -0.2) is 0 Å². The van der Waals surface area contributed by atoms with E-state index in [2.05, 4.69) is 79.7 Å². The Morgan fingerprint density at radius 3 is 1.00 bits per heavy atom.